The number of carbonyl (C=O) groups is 1. The molecule has 0 aliphatic heterocycles. The number of aromatic amines is 1. The number of aromatic nitrogens is 1. The second-order valence-corrected chi connectivity index (χ2v) is 7.81. The molecular weight excluding hydrogens is 320 g/mol. The minimum atomic E-state index is -0.608. The van der Waals surface area contributed by atoms with Gasteiger partial charge in [-0.25, -0.2) is 0 Å². The molecule has 0 atom stereocenters. The summed E-state index contributed by atoms with van der Waals surface area (Å²) in [5, 5.41) is 1.13. The largest absolute Gasteiger partial charge is 0.358 e. The molecule has 3 aromatic rings. The minimum absolute atomic E-state index is 0.132. The number of nitrogens with one attached hydrogen (secondary N) is 1. The maximum atomic E-state index is 13.6. The Labute approximate surface area is 156 Å². The number of hydrogen-bond donors (Lipinski definition) is 1. The molecule has 0 bridgehead atoms. The lowest BCUT2D eigenvalue weighted by Gasteiger charge is -2.35. The van der Waals surface area contributed by atoms with Crippen molar-refractivity contribution in [3.05, 3.63) is 71.4 Å². The molecule has 0 spiro atoms. The molecule has 1 aromatic heterocycles. The Bertz CT molecular complexity index is 906. The predicted octanol–water partition coefficient (Wildman–Crippen LogP) is 5.19. The zero-order valence-corrected chi connectivity index (χ0v) is 16.3. The summed E-state index contributed by atoms with van der Waals surface area (Å²) < 4.78 is 0. The standard InChI is InChI=1S/C23H28N2O/c1-16(2)25(15-18-11-7-6-8-12-18)22(26)23(4,5)21-17(3)24-20-14-10-9-13-19(20)21/h6-14,16,24H,15H2,1-5H3. The number of fused-ring (bicyclic) bond motifs is 1. The summed E-state index contributed by atoms with van der Waals surface area (Å²) in [6, 6.07) is 18.5. The SMILES string of the molecule is Cc1[nH]c2ccccc2c1C(C)(C)C(=O)N(Cc1ccccc1)C(C)C. The van der Waals surface area contributed by atoms with E-state index < -0.39 is 5.41 Å². The number of nitrogens with zero attached hydrogens (tertiary/aromatic N) is 1. The zero-order chi connectivity index (χ0) is 18.9. The molecule has 1 heterocycles. The molecule has 1 N–H and O–H groups in total. The van der Waals surface area contributed by atoms with Crippen LogP contribution in [0.2, 0.25) is 0 Å². The van der Waals surface area contributed by atoms with E-state index >= 15 is 0 Å². The second-order valence-electron chi connectivity index (χ2n) is 7.81. The average molecular weight is 348 g/mol. The average Bonchev–Trinajstić information content (AvgIpc) is 2.96. The quantitative estimate of drug-likeness (QED) is 0.676. The summed E-state index contributed by atoms with van der Waals surface area (Å²) >= 11 is 0. The molecule has 0 radical (unpaired) electrons. The molecule has 3 heteroatoms. The number of rotatable bonds is 5. The second kappa shape index (κ2) is 6.99. The molecule has 0 unspecified atom stereocenters. The van der Waals surface area contributed by atoms with Crippen LogP contribution in [0.5, 0.6) is 0 Å². The van der Waals surface area contributed by atoms with Gasteiger partial charge in [0.15, 0.2) is 0 Å². The van der Waals surface area contributed by atoms with Gasteiger partial charge in [0.05, 0.1) is 5.41 Å². The first-order valence-electron chi connectivity index (χ1n) is 9.25. The third kappa shape index (κ3) is 3.26. The van der Waals surface area contributed by atoms with E-state index in [1.54, 1.807) is 0 Å². The fourth-order valence-corrected chi connectivity index (χ4v) is 3.82. The van der Waals surface area contributed by atoms with Crippen molar-refractivity contribution in [2.24, 2.45) is 0 Å². The van der Waals surface area contributed by atoms with Crippen LogP contribution in [0, 0.1) is 6.92 Å². The number of para-hydroxylation sites is 1. The van der Waals surface area contributed by atoms with E-state index in [0.717, 1.165) is 27.7 Å². The predicted molar refractivity (Wildman–Crippen MR) is 108 cm³/mol. The van der Waals surface area contributed by atoms with Crippen LogP contribution in [-0.2, 0) is 16.8 Å². The number of amides is 1. The summed E-state index contributed by atoms with van der Waals surface area (Å²) in [6.07, 6.45) is 0. The molecule has 0 aliphatic carbocycles. The van der Waals surface area contributed by atoms with Gasteiger partial charge in [-0.05, 0) is 51.8 Å². The van der Waals surface area contributed by atoms with E-state index in [4.69, 9.17) is 0 Å². The van der Waals surface area contributed by atoms with Gasteiger partial charge < -0.3 is 9.88 Å². The van der Waals surface area contributed by atoms with Crippen molar-refractivity contribution < 1.29 is 4.79 Å². The summed E-state index contributed by atoms with van der Waals surface area (Å²) in [4.78, 5) is 19.0. The summed E-state index contributed by atoms with van der Waals surface area (Å²) in [7, 11) is 0. The fraction of sp³-hybridized carbons (Fsp3) is 0.348. The van der Waals surface area contributed by atoms with Crippen LogP contribution in [0.1, 0.15) is 44.5 Å². The Kier molecular flexibility index (Phi) is 4.90. The first-order valence-corrected chi connectivity index (χ1v) is 9.25. The Morgan fingerprint density at radius 1 is 1.04 bits per heavy atom. The number of benzene rings is 2. The number of carbonyl (C=O) groups excluding carboxylic acids is 1. The van der Waals surface area contributed by atoms with Gasteiger partial charge in [-0.15, -0.1) is 0 Å². The molecule has 2 aromatic carbocycles. The lowest BCUT2D eigenvalue weighted by atomic mass is 9.81. The summed E-state index contributed by atoms with van der Waals surface area (Å²) in [5.41, 5.74) is 3.79. The first-order chi connectivity index (χ1) is 12.3. The number of H-pyrrole nitrogens is 1. The van der Waals surface area contributed by atoms with E-state index in [1.165, 1.54) is 0 Å². The van der Waals surface area contributed by atoms with Gasteiger partial charge in [0.2, 0.25) is 5.91 Å². The van der Waals surface area contributed by atoms with Gasteiger partial charge in [0.25, 0.3) is 0 Å². The molecule has 0 saturated heterocycles. The van der Waals surface area contributed by atoms with E-state index in [1.807, 2.05) is 49.1 Å². The van der Waals surface area contributed by atoms with E-state index in [2.05, 4.69) is 50.0 Å². The van der Waals surface area contributed by atoms with Crippen LogP contribution >= 0.6 is 0 Å². The van der Waals surface area contributed by atoms with Gasteiger partial charge in [-0.1, -0.05) is 48.5 Å². The third-order valence-corrected chi connectivity index (χ3v) is 5.13. The highest BCUT2D eigenvalue weighted by atomic mass is 16.2. The van der Waals surface area contributed by atoms with E-state index in [9.17, 15) is 4.79 Å². The molecular formula is C23H28N2O. The molecule has 26 heavy (non-hydrogen) atoms. The van der Waals surface area contributed by atoms with Crippen LogP contribution < -0.4 is 0 Å². The van der Waals surface area contributed by atoms with Crippen molar-refractivity contribution >= 4 is 16.8 Å². The molecule has 1 amide bonds. The van der Waals surface area contributed by atoms with Crippen molar-refractivity contribution in [2.75, 3.05) is 0 Å². The van der Waals surface area contributed by atoms with Crippen molar-refractivity contribution in [3.8, 4) is 0 Å². The molecule has 0 fully saturated rings. The van der Waals surface area contributed by atoms with Crippen molar-refractivity contribution in [1.82, 2.24) is 9.88 Å². The lowest BCUT2D eigenvalue weighted by molar-refractivity contribution is -0.138. The highest BCUT2D eigenvalue weighted by molar-refractivity contribution is 5.95. The molecule has 3 rings (SSSR count). The Hall–Kier alpha value is -2.55. The molecule has 0 aliphatic rings. The molecule has 3 nitrogen and oxygen atoms in total. The van der Waals surface area contributed by atoms with E-state index in [0.29, 0.717) is 6.54 Å². The zero-order valence-electron chi connectivity index (χ0n) is 16.3. The van der Waals surface area contributed by atoms with Gasteiger partial charge in [-0.2, -0.15) is 0 Å². The monoisotopic (exact) mass is 348 g/mol. The van der Waals surface area contributed by atoms with Crippen LogP contribution in [-0.4, -0.2) is 21.8 Å². The highest BCUT2D eigenvalue weighted by Crippen LogP contribution is 2.35. The summed E-state index contributed by atoms with van der Waals surface area (Å²) in [5.74, 6) is 0.157. The Morgan fingerprint density at radius 2 is 1.65 bits per heavy atom. The van der Waals surface area contributed by atoms with Crippen LogP contribution in [0.4, 0.5) is 0 Å². The Morgan fingerprint density at radius 3 is 2.31 bits per heavy atom. The van der Waals surface area contributed by atoms with Gasteiger partial charge >= 0.3 is 0 Å². The topological polar surface area (TPSA) is 36.1 Å². The van der Waals surface area contributed by atoms with Crippen LogP contribution in [0.15, 0.2) is 54.6 Å². The maximum Gasteiger partial charge on any atom is 0.233 e. The maximum absolute atomic E-state index is 13.6. The van der Waals surface area contributed by atoms with Gasteiger partial charge in [-0.3, -0.25) is 4.79 Å². The Balaban J connectivity index is 2.00. The summed E-state index contributed by atoms with van der Waals surface area (Å²) in [6.45, 7) is 10.9. The number of aryl methyl sites for hydroxylation is 1. The van der Waals surface area contributed by atoms with Crippen LogP contribution in [0.25, 0.3) is 10.9 Å². The molecule has 0 saturated carbocycles. The fourth-order valence-electron chi connectivity index (χ4n) is 3.82. The van der Waals surface area contributed by atoms with E-state index in [-0.39, 0.29) is 11.9 Å². The van der Waals surface area contributed by atoms with Gasteiger partial charge in [0.1, 0.15) is 0 Å². The highest BCUT2D eigenvalue weighted by Gasteiger charge is 2.37. The van der Waals surface area contributed by atoms with Crippen LogP contribution in [0.3, 0.4) is 0 Å². The molecule has 136 valence electrons. The van der Waals surface area contributed by atoms with Gasteiger partial charge in [0, 0.05) is 29.2 Å². The smallest absolute Gasteiger partial charge is 0.233 e. The normalized spacial score (nSPS) is 11.9. The lowest BCUT2D eigenvalue weighted by Crippen LogP contribution is -2.46. The van der Waals surface area contributed by atoms with Crippen molar-refractivity contribution in [3.63, 3.8) is 0 Å². The number of hydrogen-bond acceptors (Lipinski definition) is 1. The van der Waals surface area contributed by atoms with Crippen molar-refractivity contribution in [2.45, 2.75) is 52.6 Å². The first kappa shape index (κ1) is 18.2. The minimum Gasteiger partial charge on any atom is -0.358 e. The van der Waals surface area contributed by atoms with Crippen molar-refractivity contribution in [1.29, 1.82) is 0 Å². The third-order valence-electron chi connectivity index (χ3n) is 5.13.